The van der Waals surface area contributed by atoms with E-state index in [1.165, 1.54) is 0 Å². The molecule has 1 saturated heterocycles. The van der Waals surface area contributed by atoms with Crippen molar-refractivity contribution in [2.75, 3.05) is 26.2 Å². The van der Waals surface area contributed by atoms with Gasteiger partial charge < -0.3 is 20.3 Å². The second kappa shape index (κ2) is 10.3. The van der Waals surface area contributed by atoms with Crippen LogP contribution < -0.4 is 10.6 Å². The van der Waals surface area contributed by atoms with E-state index in [0.29, 0.717) is 32.3 Å². The topological polar surface area (TPSA) is 66.0 Å². The summed E-state index contributed by atoms with van der Waals surface area (Å²) in [5.74, 6) is 0.817. The summed E-state index contributed by atoms with van der Waals surface area (Å²) >= 11 is 3.49. The van der Waals surface area contributed by atoms with E-state index < -0.39 is 0 Å². The van der Waals surface area contributed by atoms with Crippen LogP contribution in [0.4, 0.5) is 4.79 Å². The average Bonchev–Trinajstić information content (AvgIpc) is 2.61. The third kappa shape index (κ3) is 6.57. The van der Waals surface area contributed by atoms with Gasteiger partial charge in [-0.3, -0.25) is 0 Å². The predicted molar refractivity (Wildman–Crippen MR) is 104 cm³/mol. The van der Waals surface area contributed by atoms with Gasteiger partial charge in [-0.2, -0.15) is 0 Å². The highest BCUT2D eigenvalue weighted by atomic mass is 79.9. The van der Waals surface area contributed by atoms with Crippen LogP contribution in [0.15, 0.2) is 33.7 Å². The summed E-state index contributed by atoms with van der Waals surface area (Å²) in [5.41, 5.74) is 1.16. The van der Waals surface area contributed by atoms with Crippen LogP contribution in [0.3, 0.4) is 0 Å². The fraction of sp³-hybridized carbons (Fsp3) is 0.556. The monoisotopic (exact) mass is 410 g/mol. The lowest BCUT2D eigenvalue weighted by atomic mass is 10.1. The third-order valence-corrected chi connectivity index (χ3v) is 4.51. The molecule has 1 aliphatic rings. The Kier molecular flexibility index (Phi) is 8.04. The predicted octanol–water partition coefficient (Wildman–Crippen LogP) is 3.13. The molecule has 2 rings (SSSR count). The molecule has 1 amide bonds. The Morgan fingerprint density at radius 3 is 2.76 bits per heavy atom. The van der Waals surface area contributed by atoms with Crippen LogP contribution >= 0.6 is 15.9 Å². The van der Waals surface area contributed by atoms with Gasteiger partial charge in [0, 0.05) is 30.1 Å². The SMILES string of the molecule is CCNC(=NCc1cccc(Br)c1)NC1CCN(C(=O)OCC)CC1. The lowest BCUT2D eigenvalue weighted by Gasteiger charge is -2.32. The fourth-order valence-electron chi connectivity index (χ4n) is 2.74. The summed E-state index contributed by atoms with van der Waals surface area (Å²) in [4.78, 5) is 18.2. The minimum absolute atomic E-state index is 0.212. The Balaban J connectivity index is 1.87. The van der Waals surface area contributed by atoms with E-state index in [1.807, 2.05) is 19.1 Å². The van der Waals surface area contributed by atoms with Gasteiger partial charge in [0.05, 0.1) is 13.2 Å². The molecule has 0 radical (unpaired) electrons. The number of hydrogen-bond acceptors (Lipinski definition) is 3. The van der Waals surface area contributed by atoms with Gasteiger partial charge in [0.2, 0.25) is 0 Å². The summed E-state index contributed by atoms with van der Waals surface area (Å²) in [5, 5.41) is 6.77. The molecule has 0 saturated carbocycles. The van der Waals surface area contributed by atoms with Crippen molar-refractivity contribution in [3.05, 3.63) is 34.3 Å². The van der Waals surface area contributed by atoms with Crippen molar-refractivity contribution in [3.8, 4) is 0 Å². The zero-order chi connectivity index (χ0) is 18.1. The molecule has 1 heterocycles. The van der Waals surface area contributed by atoms with E-state index in [2.05, 4.69) is 50.6 Å². The highest BCUT2D eigenvalue weighted by Gasteiger charge is 2.23. The molecular weight excluding hydrogens is 384 g/mol. The van der Waals surface area contributed by atoms with E-state index in [-0.39, 0.29) is 6.09 Å². The maximum Gasteiger partial charge on any atom is 0.409 e. The first-order valence-electron chi connectivity index (χ1n) is 8.83. The molecule has 25 heavy (non-hydrogen) atoms. The number of carbonyl (C=O) groups excluding carboxylic acids is 1. The first-order valence-corrected chi connectivity index (χ1v) is 9.62. The molecule has 0 bridgehead atoms. The van der Waals surface area contributed by atoms with Crippen LogP contribution in [0.25, 0.3) is 0 Å². The molecule has 138 valence electrons. The molecule has 7 heteroatoms. The van der Waals surface area contributed by atoms with E-state index in [4.69, 9.17) is 4.74 Å². The Hall–Kier alpha value is -1.76. The van der Waals surface area contributed by atoms with E-state index in [9.17, 15) is 4.79 Å². The molecule has 0 aliphatic carbocycles. The normalized spacial score (nSPS) is 15.8. The Labute approximate surface area is 158 Å². The quantitative estimate of drug-likeness (QED) is 0.577. The molecule has 1 aromatic carbocycles. The van der Waals surface area contributed by atoms with Crippen LogP contribution in [0.5, 0.6) is 0 Å². The van der Waals surface area contributed by atoms with Crippen molar-refractivity contribution in [3.63, 3.8) is 0 Å². The first kappa shape index (κ1) is 19.6. The van der Waals surface area contributed by atoms with Crippen molar-refractivity contribution < 1.29 is 9.53 Å². The smallest absolute Gasteiger partial charge is 0.409 e. The summed E-state index contributed by atoms with van der Waals surface area (Å²) < 4.78 is 6.12. The maximum absolute atomic E-state index is 11.8. The van der Waals surface area contributed by atoms with Gasteiger partial charge in [-0.25, -0.2) is 9.79 Å². The molecular formula is C18H27BrN4O2. The molecule has 0 aromatic heterocycles. The number of benzene rings is 1. The van der Waals surface area contributed by atoms with Gasteiger partial charge in [-0.1, -0.05) is 28.1 Å². The van der Waals surface area contributed by atoms with Crippen LogP contribution in [-0.4, -0.2) is 49.2 Å². The van der Waals surface area contributed by atoms with Gasteiger partial charge >= 0.3 is 6.09 Å². The van der Waals surface area contributed by atoms with Crippen LogP contribution in [-0.2, 0) is 11.3 Å². The molecule has 1 aliphatic heterocycles. The van der Waals surface area contributed by atoms with Crippen molar-refractivity contribution in [2.24, 2.45) is 4.99 Å². The van der Waals surface area contributed by atoms with Gasteiger partial charge in [0.15, 0.2) is 5.96 Å². The number of guanidine groups is 1. The van der Waals surface area contributed by atoms with Gasteiger partial charge in [-0.15, -0.1) is 0 Å². The molecule has 1 aromatic rings. The van der Waals surface area contributed by atoms with Crippen LogP contribution in [0, 0.1) is 0 Å². The van der Waals surface area contributed by atoms with E-state index >= 15 is 0 Å². The van der Waals surface area contributed by atoms with E-state index in [1.54, 1.807) is 4.90 Å². The number of halogens is 1. The van der Waals surface area contributed by atoms with Crippen molar-refractivity contribution in [1.29, 1.82) is 0 Å². The number of piperidine rings is 1. The van der Waals surface area contributed by atoms with Gasteiger partial charge in [-0.05, 0) is 44.4 Å². The number of carbonyl (C=O) groups is 1. The lowest BCUT2D eigenvalue weighted by Crippen LogP contribution is -2.49. The molecule has 0 spiro atoms. The molecule has 6 nitrogen and oxygen atoms in total. The lowest BCUT2D eigenvalue weighted by molar-refractivity contribution is 0.0963. The highest BCUT2D eigenvalue weighted by molar-refractivity contribution is 9.10. The minimum Gasteiger partial charge on any atom is -0.450 e. The van der Waals surface area contributed by atoms with Crippen molar-refractivity contribution in [2.45, 2.75) is 39.3 Å². The summed E-state index contributed by atoms with van der Waals surface area (Å²) in [6.07, 6.45) is 1.57. The van der Waals surface area contributed by atoms with E-state index in [0.717, 1.165) is 35.4 Å². The molecule has 2 N–H and O–H groups in total. The summed E-state index contributed by atoms with van der Waals surface area (Å²) in [6, 6.07) is 8.47. The van der Waals surface area contributed by atoms with Crippen LogP contribution in [0.1, 0.15) is 32.3 Å². The first-order chi connectivity index (χ1) is 12.1. The second-order valence-electron chi connectivity index (χ2n) is 5.93. The van der Waals surface area contributed by atoms with Crippen molar-refractivity contribution >= 4 is 28.0 Å². The number of likely N-dealkylation sites (tertiary alicyclic amines) is 1. The number of rotatable bonds is 5. The number of ether oxygens (including phenoxy) is 1. The number of aliphatic imine (C=N–C) groups is 1. The Morgan fingerprint density at radius 2 is 2.12 bits per heavy atom. The summed E-state index contributed by atoms with van der Waals surface area (Å²) in [6.45, 7) is 7.16. The standard InChI is InChI=1S/C18H27BrN4O2/c1-3-20-17(21-13-14-6-5-7-15(19)12-14)22-16-8-10-23(11-9-16)18(24)25-4-2/h5-7,12,16H,3-4,8-11,13H2,1-2H3,(H2,20,21,22). The number of nitrogens with one attached hydrogen (secondary N) is 2. The zero-order valence-corrected chi connectivity index (χ0v) is 16.5. The largest absolute Gasteiger partial charge is 0.450 e. The second-order valence-corrected chi connectivity index (χ2v) is 6.85. The fourth-order valence-corrected chi connectivity index (χ4v) is 3.19. The van der Waals surface area contributed by atoms with Crippen molar-refractivity contribution in [1.82, 2.24) is 15.5 Å². The number of nitrogens with zero attached hydrogens (tertiary/aromatic N) is 2. The Morgan fingerprint density at radius 1 is 1.36 bits per heavy atom. The van der Waals surface area contributed by atoms with Gasteiger partial charge in [0.1, 0.15) is 0 Å². The highest BCUT2D eigenvalue weighted by Crippen LogP contribution is 2.13. The van der Waals surface area contributed by atoms with Gasteiger partial charge in [0.25, 0.3) is 0 Å². The molecule has 0 unspecified atom stereocenters. The van der Waals surface area contributed by atoms with Crippen LogP contribution in [0.2, 0.25) is 0 Å². The summed E-state index contributed by atoms with van der Waals surface area (Å²) in [7, 11) is 0. The minimum atomic E-state index is -0.212. The zero-order valence-electron chi connectivity index (χ0n) is 14.9. The Bertz CT molecular complexity index is 586. The molecule has 0 atom stereocenters. The third-order valence-electron chi connectivity index (χ3n) is 4.01. The average molecular weight is 411 g/mol. The number of amides is 1. The maximum atomic E-state index is 11.8. The number of hydrogen-bond donors (Lipinski definition) is 2. The molecule has 1 fully saturated rings.